The maximum absolute atomic E-state index is 13.4. The molecular weight excluding hydrogens is 531 g/mol. The van der Waals surface area contributed by atoms with Gasteiger partial charge in [0.1, 0.15) is 6.10 Å². The van der Waals surface area contributed by atoms with Gasteiger partial charge in [-0.25, -0.2) is 18.7 Å². The molecule has 0 bridgehead atoms. The van der Waals surface area contributed by atoms with Crippen LogP contribution in [0.1, 0.15) is 36.8 Å². The van der Waals surface area contributed by atoms with E-state index in [-0.39, 0.29) is 57.1 Å². The number of benzene rings is 1. The normalized spacial score (nSPS) is 22.6. The number of amides is 2. The van der Waals surface area contributed by atoms with Crippen molar-refractivity contribution in [3.63, 3.8) is 0 Å². The monoisotopic (exact) mass is 561 g/mol. The lowest BCUT2D eigenvalue weighted by Gasteiger charge is -2.40. The lowest BCUT2D eigenvalue weighted by atomic mass is 9.79. The van der Waals surface area contributed by atoms with Gasteiger partial charge in [0.2, 0.25) is 10.0 Å². The predicted octanol–water partition coefficient (Wildman–Crippen LogP) is 2.64. The average Bonchev–Trinajstić information content (AvgIpc) is 3.41. The van der Waals surface area contributed by atoms with Crippen molar-refractivity contribution in [2.24, 2.45) is 5.41 Å². The zero-order valence-electron chi connectivity index (χ0n) is 20.6. The van der Waals surface area contributed by atoms with Gasteiger partial charge in [0, 0.05) is 32.6 Å². The highest BCUT2D eigenvalue weighted by Gasteiger charge is 2.47. The van der Waals surface area contributed by atoms with E-state index in [1.165, 1.54) is 29.2 Å². The maximum Gasteiger partial charge on any atom is 0.416 e. The van der Waals surface area contributed by atoms with Gasteiger partial charge in [0.05, 0.1) is 29.9 Å². The Kier molecular flexibility index (Phi) is 8.35. The molecule has 2 N–H and O–H groups in total. The first-order valence-electron chi connectivity index (χ1n) is 12.3. The predicted molar refractivity (Wildman–Crippen MR) is 128 cm³/mol. The number of ether oxygens (including phenoxy) is 2. The van der Waals surface area contributed by atoms with Gasteiger partial charge in [-0.2, -0.15) is 17.5 Å². The number of hydrogen-bond donors (Lipinski definition) is 2. The van der Waals surface area contributed by atoms with Crippen LogP contribution < -0.4 is 5.48 Å². The number of piperidine rings is 1. The molecule has 38 heavy (non-hydrogen) atoms. The zero-order valence-corrected chi connectivity index (χ0v) is 21.4. The lowest BCUT2D eigenvalue weighted by molar-refractivity contribution is -0.141. The standard InChI is InChI=1S/C24H30F3N3O7S/c25-24(26,27)20-4-2-1-3-19(20)17-5-10-30(11-6-17)38(34,35)16-23(21(31)28-33)8-12-29(13-9-23)22(32)37-18-7-14-36-15-18/h1-5,18,33H,6-16H2,(H,28,31). The maximum atomic E-state index is 13.4. The van der Waals surface area contributed by atoms with Crippen molar-refractivity contribution in [2.45, 2.75) is 38.0 Å². The van der Waals surface area contributed by atoms with Crippen LogP contribution >= 0.6 is 0 Å². The molecule has 0 saturated carbocycles. The van der Waals surface area contributed by atoms with E-state index in [4.69, 9.17) is 9.47 Å². The molecule has 1 atom stereocenters. The van der Waals surface area contributed by atoms with Gasteiger partial charge in [0.15, 0.2) is 0 Å². The number of sulfonamides is 1. The first-order valence-corrected chi connectivity index (χ1v) is 13.9. The van der Waals surface area contributed by atoms with Crippen LogP contribution in [0.2, 0.25) is 0 Å². The van der Waals surface area contributed by atoms with E-state index in [1.54, 1.807) is 5.48 Å². The van der Waals surface area contributed by atoms with E-state index >= 15 is 0 Å². The first-order chi connectivity index (χ1) is 17.9. The highest BCUT2D eigenvalue weighted by molar-refractivity contribution is 7.89. The SMILES string of the molecule is O=C(OC1CCOC1)N1CCC(CS(=O)(=O)N2CC=C(c3ccccc3C(F)(F)F)CC2)(C(=O)NO)CC1. The van der Waals surface area contributed by atoms with Gasteiger partial charge in [-0.05, 0) is 36.5 Å². The number of carbonyl (C=O) groups excluding carboxylic acids is 2. The number of halogens is 3. The van der Waals surface area contributed by atoms with Gasteiger partial charge in [-0.15, -0.1) is 0 Å². The molecule has 2 saturated heterocycles. The first kappa shape index (κ1) is 28.3. The highest BCUT2D eigenvalue weighted by Crippen LogP contribution is 2.38. The highest BCUT2D eigenvalue weighted by atomic mass is 32.2. The minimum atomic E-state index is -4.54. The average molecular weight is 562 g/mol. The molecule has 0 radical (unpaired) electrons. The number of hydrogen-bond acceptors (Lipinski definition) is 7. The molecule has 14 heteroatoms. The van der Waals surface area contributed by atoms with Crippen LogP contribution in [-0.2, 0) is 30.5 Å². The van der Waals surface area contributed by atoms with Gasteiger partial charge < -0.3 is 14.4 Å². The smallest absolute Gasteiger partial charge is 0.416 e. The fourth-order valence-electron chi connectivity index (χ4n) is 5.09. The molecule has 3 heterocycles. The van der Waals surface area contributed by atoms with Crippen LogP contribution in [0.5, 0.6) is 0 Å². The fraction of sp³-hybridized carbons (Fsp3) is 0.583. The Balaban J connectivity index is 1.44. The van der Waals surface area contributed by atoms with E-state index in [0.717, 1.165) is 10.4 Å². The van der Waals surface area contributed by atoms with E-state index in [9.17, 15) is 36.4 Å². The van der Waals surface area contributed by atoms with Crippen LogP contribution in [-0.4, -0.2) is 86.1 Å². The molecule has 210 valence electrons. The molecular formula is C24H30F3N3O7S. The van der Waals surface area contributed by atoms with Gasteiger partial charge >= 0.3 is 12.3 Å². The second-order valence-corrected chi connectivity index (χ2v) is 11.7. The van der Waals surface area contributed by atoms with Crippen molar-refractivity contribution in [2.75, 3.05) is 45.1 Å². The minimum absolute atomic E-state index is 0.0107. The molecule has 4 rings (SSSR count). The summed E-state index contributed by atoms with van der Waals surface area (Å²) < 4.78 is 78.7. The number of rotatable bonds is 6. The number of nitrogens with zero attached hydrogens (tertiary/aromatic N) is 2. The van der Waals surface area contributed by atoms with Gasteiger partial charge in [0.25, 0.3) is 5.91 Å². The summed E-state index contributed by atoms with van der Waals surface area (Å²) in [6.45, 7) is 0.697. The van der Waals surface area contributed by atoms with Crippen molar-refractivity contribution in [3.05, 3.63) is 41.5 Å². The third-order valence-corrected chi connectivity index (χ3v) is 9.36. The zero-order chi connectivity index (χ0) is 27.6. The summed E-state index contributed by atoms with van der Waals surface area (Å²) in [7, 11) is -4.05. The summed E-state index contributed by atoms with van der Waals surface area (Å²) in [5.41, 5.74) is -0.311. The van der Waals surface area contributed by atoms with Crippen molar-refractivity contribution in [1.82, 2.24) is 14.7 Å². The third-order valence-electron chi connectivity index (χ3n) is 7.32. The van der Waals surface area contributed by atoms with Crippen molar-refractivity contribution in [3.8, 4) is 0 Å². The number of hydroxylamine groups is 1. The quantitative estimate of drug-likeness (QED) is 0.404. The topological polar surface area (TPSA) is 125 Å². The van der Waals surface area contributed by atoms with Crippen molar-refractivity contribution < 1.29 is 45.9 Å². The second kappa shape index (κ2) is 11.2. The second-order valence-electron chi connectivity index (χ2n) is 9.71. The molecule has 1 aromatic carbocycles. The number of nitrogens with one attached hydrogen (secondary N) is 1. The Bertz CT molecular complexity index is 1170. The van der Waals surface area contributed by atoms with E-state index in [2.05, 4.69) is 0 Å². The summed E-state index contributed by atoms with van der Waals surface area (Å²) in [6, 6.07) is 5.14. The van der Waals surface area contributed by atoms with Crippen molar-refractivity contribution >= 4 is 27.6 Å². The molecule has 2 amide bonds. The lowest BCUT2D eigenvalue weighted by Crippen LogP contribution is -2.54. The van der Waals surface area contributed by atoms with Crippen LogP contribution in [0.4, 0.5) is 18.0 Å². The molecule has 1 unspecified atom stereocenters. The molecule has 3 aliphatic rings. The summed E-state index contributed by atoms with van der Waals surface area (Å²) in [4.78, 5) is 26.5. The molecule has 10 nitrogen and oxygen atoms in total. The summed E-state index contributed by atoms with van der Waals surface area (Å²) >= 11 is 0. The number of likely N-dealkylation sites (tertiary alicyclic amines) is 1. The minimum Gasteiger partial charge on any atom is -0.444 e. The fourth-order valence-corrected chi connectivity index (χ4v) is 7.07. The summed E-state index contributed by atoms with van der Waals surface area (Å²) in [6.07, 6.45) is -3.42. The molecule has 0 spiro atoms. The van der Waals surface area contributed by atoms with Crippen LogP contribution in [0.3, 0.4) is 0 Å². The Labute approximate surface area is 218 Å². The Morgan fingerprint density at radius 3 is 2.47 bits per heavy atom. The van der Waals surface area contributed by atoms with Crippen LogP contribution in [0.15, 0.2) is 30.3 Å². The van der Waals surface area contributed by atoms with E-state index in [1.807, 2.05) is 0 Å². The number of alkyl halides is 3. The van der Waals surface area contributed by atoms with E-state index < -0.39 is 44.9 Å². The summed E-state index contributed by atoms with van der Waals surface area (Å²) in [5, 5.41) is 9.35. The number of carbonyl (C=O) groups is 2. The molecule has 0 aliphatic carbocycles. The van der Waals surface area contributed by atoms with Crippen molar-refractivity contribution in [1.29, 1.82) is 0 Å². The molecule has 0 aromatic heterocycles. The van der Waals surface area contributed by atoms with Crippen LogP contribution in [0, 0.1) is 5.41 Å². The Morgan fingerprint density at radius 2 is 1.89 bits per heavy atom. The Morgan fingerprint density at radius 1 is 1.18 bits per heavy atom. The largest absolute Gasteiger partial charge is 0.444 e. The molecule has 3 aliphatic heterocycles. The third kappa shape index (κ3) is 6.14. The van der Waals surface area contributed by atoms with Gasteiger partial charge in [-0.3, -0.25) is 10.0 Å². The van der Waals surface area contributed by atoms with E-state index in [0.29, 0.717) is 25.2 Å². The Hall–Kier alpha value is -2.68. The summed E-state index contributed by atoms with van der Waals surface area (Å²) in [5.74, 6) is -1.49. The van der Waals surface area contributed by atoms with Gasteiger partial charge in [-0.1, -0.05) is 24.3 Å². The molecule has 1 aromatic rings. The molecule has 2 fully saturated rings. The van der Waals surface area contributed by atoms with Crippen LogP contribution in [0.25, 0.3) is 5.57 Å².